The molecule has 2 rings (SSSR count). The van der Waals surface area contributed by atoms with E-state index >= 15 is 0 Å². The highest BCUT2D eigenvalue weighted by molar-refractivity contribution is 5.93. The number of halogens is 2. The average Bonchev–Trinajstić information content (AvgIpc) is 2.48. The van der Waals surface area contributed by atoms with Crippen LogP contribution in [0.5, 0.6) is 5.75 Å². The van der Waals surface area contributed by atoms with Gasteiger partial charge in [0.1, 0.15) is 5.82 Å². The predicted molar refractivity (Wildman–Crippen MR) is 76.5 cm³/mol. The van der Waals surface area contributed by atoms with E-state index in [4.69, 9.17) is 4.74 Å². The second-order valence-electron chi connectivity index (χ2n) is 4.23. The molecular formula is C15H14F2N2O2. The number of para-hydroxylation sites is 1. The normalized spacial score (nSPS) is 10.0. The van der Waals surface area contributed by atoms with Crippen LogP contribution in [0.1, 0.15) is 0 Å². The van der Waals surface area contributed by atoms with E-state index in [9.17, 15) is 13.6 Å². The zero-order valence-electron chi connectivity index (χ0n) is 11.3. The maximum atomic E-state index is 13.5. The molecule has 21 heavy (non-hydrogen) atoms. The van der Waals surface area contributed by atoms with Gasteiger partial charge in [-0.1, -0.05) is 12.1 Å². The Morgan fingerprint density at radius 3 is 2.57 bits per heavy atom. The van der Waals surface area contributed by atoms with Gasteiger partial charge < -0.3 is 15.4 Å². The van der Waals surface area contributed by atoms with Crippen molar-refractivity contribution in [1.82, 2.24) is 0 Å². The maximum Gasteiger partial charge on any atom is 0.243 e. The first-order valence-electron chi connectivity index (χ1n) is 6.22. The van der Waals surface area contributed by atoms with Crippen LogP contribution in [0, 0.1) is 11.6 Å². The number of nitrogens with one attached hydrogen (secondary N) is 2. The van der Waals surface area contributed by atoms with Crippen molar-refractivity contribution in [2.24, 2.45) is 0 Å². The Morgan fingerprint density at radius 2 is 1.90 bits per heavy atom. The van der Waals surface area contributed by atoms with Crippen LogP contribution in [-0.2, 0) is 4.79 Å². The molecule has 0 aliphatic heterocycles. The minimum atomic E-state index is -0.531. The Bertz CT molecular complexity index is 647. The smallest absolute Gasteiger partial charge is 0.243 e. The van der Waals surface area contributed by atoms with Gasteiger partial charge >= 0.3 is 0 Å². The molecule has 110 valence electrons. The summed E-state index contributed by atoms with van der Waals surface area (Å²) in [6.07, 6.45) is 0. The van der Waals surface area contributed by atoms with Crippen LogP contribution >= 0.6 is 0 Å². The Hall–Kier alpha value is -2.63. The quantitative estimate of drug-likeness (QED) is 0.890. The molecule has 0 aromatic heterocycles. The molecule has 2 N–H and O–H groups in total. The van der Waals surface area contributed by atoms with Crippen molar-refractivity contribution in [2.45, 2.75) is 0 Å². The third-order valence-electron chi connectivity index (χ3n) is 2.75. The molecule has 0 bridgehead atoms. The molecule has 0 saturated carbocycles. The van der Waals surface area contributed by atoms with E-state index in [1.54, 1.807) is 12.1 Å². The van der Waals surface area contributed by atoms with Gasteiger partial charge in [-0.25, -0.2) is 8.78 Å². The fourth-order valence-corrected chi connectivity index (χ4v) is 1.72. The van der Waals surface area contributed by atoms with E-state index in [0.717, 1.165) is 0 Å². The number of methoxy groups -OCH3 is 1. The number of carbonyl (C=O) groups is 1. The first-order valence-corrected chi connectivity index (χ1v) is 6.22. The molecule has 1 amide bonds. The molecule has 2 aromatic rings. The number of ether oxygens (including phenoxy) is 1. The summed E-state index contributed by atoms with van der Waals surface area (Å²) in [4.78, 5) is 11.7. The average molecular weight is 292 g/mol. The molecule has 0 aliphatic carbocycles. The van der Waals surface area contributed by atoms with Gasteiger partial charge in [-0.05, 0) is 24.3 Å². The van der Waals surface area contributed by atoms with Gasteiger partial charge in [-0.2, -0.15) is 0 Å². The molecular weight excluding hydrogens is 278 g/mol. The first kappa shape index (κ1) is 14.8. The van der Waals surface area contributed by atoms with Crippen molar-refractivity contribution >= 4 is 17.3 Å². The summed E-state index contributed by atoms with van der Waals surface area (Å²) in [6.45, 7) is -0.111. The molecule has 0 saturated heterocycles. The lowest BCUT2D eigenvalue weighted by atomic mass is 10.3. The molecule has 4 nitrogen and oxygen atoms in total. The predicted octanol–water partition coefficient (Wildman–Crippen LogP) is 3.02. The van der Waals surface area contributed by atoms with E-state index in [2.05, 4.69) is 10.6 Å². The molecule has 0 aliphatic rings. The summed E-state index contributed by atoms with van der Waals surface area (Å²) < 4.78 is 31.6. The maximum absolute atomic E-state index is 13.5. The van der Waals surface area contributed by atoms with Gasteiger partial charge in [-0.15, -0.1) is 0 Å². The monoisotopic (exact) mass is 292 g/mol. The van der Waals surface area contributed by atoms with Crippen molar-refractivity contribution in [3.63, 3.8) is 0 Å². The molecule has 6 heteroatoms. The summed E-state index contributed by atoms with van der Waals surface area (Å²) in [5.41, 5.74) is 0.530. The lowest BCUT2D eigenvalue weighted by molar-refractivity contribution is -0.114. The van der Waals surface area contributed by atoms with Crippen molar-refractivity contribution in [3.8, 4) is 5.75 Å². The van der Waals surface area contributed by atoms with Gasteiger partial charge in [0.15, 0.2) is 11.6 Å². The van der Waals surface area contributed by atoms with Crippen LogP contribution in [0.15, 0.2) is 42.5 Å². The zero-order valence-corrected chi connectivity index (χ0v) is 11.3. The standard InChI is InChI=1S/C15H14F2N2O2/c1-21-14-7-6-10(8-12(14)17)18-9-15(20)19-13-5-3-2-4-11(13)16/h2-8,18H,9H2,1H3,(H,19,20). The largest absolute Gasteiger partial charge is 0.494 e. The third-order valence-corrected chi connectivity index (χ3v) is 2.75. The number of hydrogen-bond donors (Lipinski definition) is 2. The van der Waals surface area contributed by atoms with E-state index in [1.807, 2.05) is 0 Å². The zero-order chi connectivity index (χ0) is 15.2. The minimum Gasteiger partial charge on any atom is -0.494 e. The molecule has 0 atom stereocenters. The topological polar surface area (TPSA) is 50.4 Å². The van der Waals surface area contributed by atoms with Crippen molar-refractivity contribution in [3.05, 3.63) is 54.1 Å². The fourth-order valence-electron chi connectivity index (χ4n) is 1.72. The second kappa shape index (κ2) is 6.69. The Kier molecular flexibility index (Phi) is 4.71. The van der Waals surface area contributed by atoms with E-state index < -0.39 is 17.5 Å². The van der Waals surface area contributed by atoms with Crippen LogP contribution in [0.3, 0.4) is 0 Å². The highest BCUT2D eigenvalue weighted by atomic mass is 19.1. The fraction of sp³-hybridized carbons (Fsp3) is 0.133. The lowest BCUT2D eigenvalue weighted by Crippen LogP contribution is -2.22. The van der Waals surface area contributed by atoms with Crippen LogP contribution in [0.2, 0.25) is 0 Å². The molecule has 2 aromatic carbocycles. The number of hydrogen-bond acceptors (Lipinski definition) is 3. The van der Waals surface area contributed by atoms with Gasteiger partial charge in [0.25, 0.3) is 0 Å². The molecule has 0 fully saturated rings. The van der Waals surface area contributed by atoms with Crippen molar-refractivity contribution in [2.75, 3.05) is 24.3 Å². The van der Waals surface area contributed by atoms with Crippen LogP contribution < -0.4 is 15.4 Å². The minimum absolute atomic E-state index is 0.102. The SMILES string of the molecule is COc1ccc(NCC(=O)Nc2ccccc2F)cc1F. The summed E-state index contributed by atoms with van der Waals surface area (Å²) in [5.74, 6) is -1.36. The molecule has 0 radical (unpaired) electrons. The van der Waals surface area contributed by atoms with Crippen LogP contribution in [0.25, 0.3) is 0 Å². The van der Waals surface area contributed by atoms with Gasteiger partial charge in [0.05, 0.1) is 19.3 Å². The molecule has 0 spiro atoms. The second-order valence-corrected chi connectivity index (χ2v) is 4.23. The summed E-state index contributed by atoms with van der Waals surface area (Å²) in [5, 5.41) is 5.17. The van der Waals surface area contributed by atoms with E-state index in [-0.39, 0.29) is 18.0 Å². The molecule has 0 unspecified atom stereocenters. The van der Waals surface area contributed by atoms with E-state index in [0.29, 0.717) is 5.69 Å². The van der Waals surface area contributed by atoms with Crippen molar-refractivity contribution in [1.29, 1.82) is 0 Å². The number of amides is 1. The number of rotatable bonds is 5. The Labute approximate surface area is 120 Å². The van der Waals surface area contributed by atoms with Gasteiger partial charge in [0.2, 0.25) is 5.91 Å². The number of anilines is 2. The van der Waals surface area contributed by atoms with Gasteiger partial charge in [0, 0.05) is 11.8 Å². The van der Waals surface area contributed by atoms with Gasteiger partial charge in [-0.3, -0.25) is 4.79 Å². The number of carbonyl (C=O) groups excluding carboxylic acids is 1. The van der Waals surface area contributed by atoms with Crippen LogP contribution in [0.4, 0.5) is 20.2 Å². The number of benzene rings is 2. The Balaban J connectivity index is 1.92. The highest BCUT2D eigenvalue weighted by Crippen LogP contribution is 2.20. The van der Waals surface area contributed by atoms with Crippen LogP contribution in [-0.4, -0.2) is 19.6 Å². The summed E-state index contributed by atoms with van der Waals surface area (Å²) >= 11 is 0. The highest BCUT2D eigenvalue weighted by Gasteiger charge is 2.07. The molecule has 0 heterocycles. The van der Waals surface area contributed by atoms with E-state index in [1.165, 1.54) is 37.4 Å². The first-order chi connectivity index (χ1) is 10.1. The summed E-state index contributed by atoms with van der Waals surface area (Å²) in [6, 6.07) is 10.1. The Morgan fingerprint density at radius 1 is 1.14 bits per heavy atom. The lowest BCUT2D eigenvalue weighted by Gasteiger charge is -2.09. The third kappa shape index (κ3) is 3.92. The van der Waals surface area contributed by atoms with Crippen molar-refractivity contribution < 1.29 is 18.3 Å². The summed E-state index contributed by atoms with van der Waals surface area (Å²) in [7, 11) is 1.37.